The van der Waals surface area contributed by atoms with Gasteiger partial charge in [0, 0.05) is 12.1 Å². The van der Waals surface area contributed by atoms with Crippen LogP contribution in [0, 0.1) is 10.1 Å². The molecule has 0 unspecified atom stereocenters. The largest absolute Gasteiger partial charge is 0.419 e. The van der Waals surface area contributed by atoms with Crippen molar-refractivity contribution in [3.8, 4) is 11.5 Å². The van der Waals surface area contributed by atoms with Crippen LogP contribution in [0.25, 0.3) is 11.5 Å². The number of aromatic nitrogens is 2. The average Bonchev–Trinajstić information content (AvgIpc) is 3.09. The molecule has 3 rings (SSSR count). The molecule has 0 saturated carbocycles. The van der Waals surface area contributed by atoms with E-state index in [4.69, 9.17) is 16.0 Å². The average molecular weight is 395 g/mol. The minimum atomic E-state index is -3.99. The van der Waals surface area contributed by atoms with E-state index in [9.17, 15) is 18.5 Å². The predicted molar refractivity (Wildman–Crippen MR) is 91.9 cm³/mol. The van der Waals surface area contributed by atoms with Crippen LogP contribution < -0.4 is 4.72 Å². The lowest BCUT2D eigenvalue weighted by molar-refractivity contribution is -0.385. The Balaban J connectivity index is 1.76. The standard InChI is InChI=1S/C15H11ClN4O5S/c16-13-7-2-1-6-12(13)15-19-18-14(25-15)9-17-26(23,24)11-5-3-4-10(8-11)20(21)22/h1-8,17H,9H2. The molecule has 134 valence electrons. The summed E-state index contributed by atoms with van der Waals surface area (Å²) < 4.78 is 32.2. The molecule has 0 aliphatic carbocycles. The van der Waals surface area contributed by atoms with E-state index < -0.39 is 14.9 Å². The normalized spacial score (nSPS) is 11.4. The third kappa shape index (κ3) is 3.87. The molecule has 3 aromatic rings. The first-order valence-corrected chi connectivity index (χ1v) is 9.04. The SMILES string of the molecule is O=[N+]([O-])c1cccc(S(=O)(=O)NCc2nnc(-c3ccccc3Cl)o2)c1. The Labute approximate surface area is 152 Å². The highest BCUT2D eigenvalue weighted by Gasteiger charge is 2.19. The van der Waals surface area contributed by atoms with Crippen molar-refractivity contribution in [2.45, 2.75) is 11.4 Å². The second kappa shape index (κ2) is 7.20. The van der Waals surface area contributed by atoms with E-state index in [0.29, 0.717) is 10.6 Å². The third-order valence-corrected chi connectivity index (χ3v) is 5.05. The summed E-state index contributed by atoms with van der Waals surface area (Å²) >= 11 is 6.04. The number of nitrogens with one attached hydrogen (secondary N) is 1. The van der Waals surface area contributed by atoms with Crippen molar-refractivity contribution in [2.24, 2.45) is 0 Å². The third-order valence-electron chi connectivity index (χ3n) is 3.32. The number of nitro benzene ring substituents is 1. The van der Waals surface area contributed by atoms with Crippen LogP contribution in [-0.2, 0) is 16.6 Å². The summed E-state index contributed by atoms with van der Waals surface area (Å²) in [6.45, 7) is -0.275. The second-order valence-electron chi connectivity index (χ2n) is 5.06. The summed E-state index contributed by atoms with van der Waals surface area (Å²) in [4.78, 5) is 9.86. The van der Waals surface area contributed by atoms with E-state index in [-0.39, 0.29) is 28.9 Å². The van der Waals surface area contributed by atoms with Gasteiger partial charge < -0.3 is 4.42 Å². The molecule has 0 spiro atoms. The smallest absolute Gasteiger partial charge is 0.270 e. The molecule has 0 radical (unpaired) electrons. The topological polar surface area (TPSA) is 128 Å². The van der Waals surface area contributed by atoms with Gasteiger partial charge in [-0.2, -0.15) is 0 Å². The first-order valence-electron chi connectivity index (χ1n) is 7.18. The summed E-state index contributed by atoms with van der Waals surface area (Å²) in [5, 5.41) is 18.8. The predicted octanol–water partition coefficient (Wildman–Crippen LogP) is 2.78. The number of nitrogens with zero attached hydrogens (tertiary/aromatic N) is 3. The van der Waals surface area contributed by atoms with Gasteiger partial charge in [0.25, 0.3) is 5.69 Å². The highest BCUT2D eigenvalue weighted by Crippen LogP contribution is 2.26. The Morgan fingerprint density at radius 3 is 2.65 bits per heavy atom. The van der Waals surface area contributed by atoms with Crippen molar-refractivity contribution in [3.05, 3.63) is 69.6 Å². The van der Waals surface area contributed by atoms with Gasteiger partial charge in [0.1, 0.15) is 0 Å². The quantitative estimate of drug-likeness (QED) is 0.502. The van der Waals surface area contributed by atoms with Crippen molar-refractivity contribution in [1.82, 2.24) is 14.9 Å². The molecule has 1 N–H and O–H groups in total. The molecule has 9 nitrogen and oxygen atoms in total. The Kier molecular flexibility index (Phi) is 4.98. The molecule has 1 aromatic heterocycles. The molecule has 26 heavy (non-hydrogen) atoms. The maximum absolute atomic E-state index is 12.3. The zero-order chi connectivity index (χ0) is 18.7. The number of hydrogen-bond acceptors (Lipinski definition) is 7. The van der Waals surface area contributed by atoms with Crippen LogP contribution in [0.4, 0.5) is 5.69 Å². The summed E-state index contributed by atoms with van der Waals surface area (Å²) in [5.41, 5.74) is 0.195. The number of nitro groups is 1. The summed E-state index contributed by atoms with van der Waals surface area (Å²) in [6.07, 6.45) is 0. The van der Waals surface area contributed by atoms with Crippen LogP contribution in [0.15, 0.2) is 57.8 Å². The number of halogens is 1. The number of sulfonamides is 1. The van der Waals surface area contributed by atoms with Gasteiger partial charge in [-0.3, -0.25) is 10.1 Å². The van der Waals surface area contributed by atoms with E-state index in [1.165, 1.54) is 18.2 Å². The Morgan fingerprint density at radius 2 is 1.92 bits per heavy atom. The van der Waals surface area contributed by atoms with Crippen LogP contribution in [0.3, 0.4) is 0 Å². The van der Waals surface area contributed by atoms with Gasteiger partial charge >= 0.3 is 0 Å². The maximum Gasteiger partial charge on any atom is 0.270 e. The number of benzene rings is 2. The van der Waals surface area contributed by atoms with Crippen molar-refractivity contribution in [1.29, 1.82) is 0 Å². The van der Waals surface area contributed by atoms with Crippen molar-refractivity contribution < 1.29 is 17.8 Å². The Morgan fingerprint density at radius 1 is 1.15 bits per heavy atom. The van der Waals surface area contributed by atoms with Crippen LogP contribution in [0.2, 0.25) is 5.02 Å². The number of non-ortho nitro benzene ring substituents is 1. The Hall–Kier alpha value is -2.82. The summed E-state index contributed by atoms with van der Waals surface area (Å²) in [5.74, 6) is 0.175. The second-order valence-corrected chi connectivity index (χ2v) is 7.23. The highest BCUT2D eigenvalue weighted by atomic mass is 35.5. The molecule has 0 aliphatic heterocycles. The lowest BCUT2D eigenvalue weighted by Crippen LogP contribution is -2.23. The van der Waals surface area contributed by atoms with Crippen molar-refractivity contribution in [2.75, 3.05) is 0 Å². The molecule has 0 atom stereocenters. The molecular weight excluding hydrogens is 384 g/mol. The highest BCUT2D eigenvalue weighted by molar-refractivity contribution is 7.89. The van der Waals surface area contributed by atoms with Crippen LogP contribution >= 0.6 is 11.6 Å². The molecule has 0 bridgehead atoms. The van der Waals surface area contributed by atoms with Crippen LogP contribution in [-0.4, -0.2) is 23.5 Å². The lowest BCUT2D eigenvalue weighted by atomic mass is 10.2. The van der Waals surface area contributed by atoms with Gasteiger partial charge in [-0.15, -0.1) is 10.2 Å². The minimum absolute atomic E-state index is 0.0222. The number of hydrogen-bond donors (Lipinski definition) is 1. The molecule has 0 fully saturated rings. The number of rotatable bonds is 6. The monoisotopic (exact) mass is 394 g/mol. The van der Waals surface area contributed by atoms with Gasteiger partial charge in [0.05, 0.1) is 26.9 Å². The van der Waals surface area contributed by atoms with E-state index in [1.807, 2.05) is 0 Å². The van der Waals surface area contributed by atoms with Gasteiger partial charge in [-0.25, -0.2) is 13.1 Å². The molecule has 0 aliphatic rings. The first-order chi connectivity index (χ1) is 12.4. The fourth-order valence-corrected chi connectivity index (χ4v) is 3.30. The van der Waals surface area contributed by atoms with Gasteiger partial charge in [0.15, 0.2) is 0 Å². The van der Waals surface area contributed by atoms with Crippen molar-refractivity contribution in [3.63, 3.8) is 0 Å². The van der Waals surface area contributed by atoms with Crippen molar-refractivity contribution >= 4 is 27.3 Å². The zero-order valence-electron chi connectivity index (χ0n) is 13.0. The molecular formula is C15H11ClN4O5S. The summed E-state index contributed by atoms with van der Waals surface area (Å²) in [6, 6.07) is 11.5. The van der Waals surface area contributed by atoms with Crippen LogP contribution in [0.5, 0.6) is 0 Å². The Bertz CT molecular complexity index is 1070. The zero-order valence-corrected chi connectivity index (χ0v) is 14.6. The minimum Gasteiger partial charge on any atom is -0.419 e. The fraction of sp³-hybridized carbons (Fsp3) is 0.0667. The van der Waals surface area contributed by atoms with E-state index in [2.05, 4.69) is 14.9 Å². The van der Waals surface area contributed by atoms with E-state index in [0.717, 1.165) is 6.07 Å². The molecule has 0 amide bonds. The van der Waals surface area contributed by atoms with E-state index >= 15 is 0 Å². The summed E-state index contributed by atoms with van der Waals surface area (Å²) in [7, 11) is -3.99. The van der Waals surface area contributed by atoms with Gasteiger partial charge in [0.2, 0.25) is 21.8 Å². The van der Waals surface area contributed by atoms with E-state index in [1.54, 1.807) is 24.3 Å². The lowest BCUT2D eigenvalue weighted by Gasteiger charge is -2.04. The van der Waals surface area contributed by atoms with Gasteiger partial charge in [-0.1, -0.05) is 29.8 Å². The fourth-order valence-electron chi connectivity index (χ4n) is 2.07. The molecule has 2 aromatic carbocycles. The molecule has 11 heteroatoms. The molecule has 0 saturated heterocycles. The van der Waals surface area contributed by atoms with Crippen LogP contribution in [0.1, 0.15) is 5.89 Å². The van der Waals surface area contributed by atoms with Gasteiger partial charge in [-0.05, 0) is 18.2 Å². The first kappa shape index (κ1) is 18.0. The maximum atomic E-state index is 12.3. The molecule has 1 heterocycles.